The molecule has 0 bridgehead atoms. The number of halogens is 1. The van der Waals surface area contributed by atoms with Crippen LogP contribution in [0.2, 0.25) is 0 Å². The number of hydrogen-bond acceptors (Lipinski definition) is 1. The molecule has 0 N–H and O–H groups in total. The first-order valence-corrected chi connectivity index (χ1v) is 6.71. The van der Waals surface area contributed by atoms with Gasteiger partial charge in [-0.25, -0.2) is 0 Å². The zero-order chi connectivity index (χ0) is 12.2. The van der Waals surface area contributed by atoms with Crippen LogP contribution in [-0.2, 0) is 13.0 Å². The average molecular weight is 292 g/mol. The quantitative estimate of drug-likeness (QED) is 0.731. The molecule has 0 saturated carbocycles. The molecule has 0 spiro atoms. The minimum atomic E-state index is 0.144. The van der Waals surface area contributed by atoms with Crippen molar-refractivity contribution in [2.24, 2.45) is 0 Å². The Labute approximate surface area is 109 Å². The van der Waals surface area contributed by atoms with E-state index in [4.69, 9.17) is 0 Å². The molecular weight excluding hydrogens is 278 g/mol. The molecule has 0 radical (unpaired) electrons. The zero-order valence-corrected chi connectivity index (χ0v) is 11.6. The molecule has 0 amide bonds. The second-order valence-corrected chi connectivity index (χ2v) is 5.54. The van der Waals surface area contributed by atoms with Crippen molar-refractivity contribution in [2.75, 3.05) is 0 Å². The van der Waals surface area contributed by atoms with Crippen LogP contribution in [0.3, 0.4) is 0 Å². The summed E-state index contributed by atoms with van der Waals surface area (Å²) in [6.07, 6.45) is 2.24. The van der Waals surface area contributed by atoms with Gasteiger partial charge in [-0.05, 0) is 60.3 Å². The Morgan fingerprint density at radius 3 is 2.88 bits per heavy atom. The number of carbonyl (C=O) groups is 1. The summed E-state index contributed by atoms with van der Waals surface area (Å²) in [5.41, 5.74) is 4.72. The van der Waals surface area contributed by atoms with E-state index in [1.807, 2.05) is 6.07 Å². The average Bonchev–Trinajstić information content (AvgIpc) is 2.57. The van der Waals surface area contributed by atoms with Gasteiger partial charge in [0.15, 0.2) is 5.78 Å². The van der Waals surface area contributed by atoms with Gasteiger partial charge in [0.1, 0.15) is 0 Å². The van der Waals surface area contributed by atoms with Crippen LogP contribution in [0.5, 0.6) is 0 Å². The summed E-state index contributed by atoms with van der Waals surface area (Å²) in [5, 5.41) is 1.19. The molecule has 0 fully saturated rings. The summed E-state index contributed by atoms with van der Waals surface area (Å²) in [4.78, 5) is 11.6. The number of aromatic nitrogens is 1. The van der Waals surface area contributed by atoms with E-state index in [9.17, 15) is 4.79 Å². The van der Waals surface area contributed by atoms with Gasteiger partial charge in [-0.2, -0.15) is 0 Å². The lowest BCUT2D eigenvalue weighted by molar-refractivity contribution is 0.101. The summed E-state index contributed by atoms with van der Waals surface area (Å²) in [7, 11) is 0. The first-order chi connectivity index (χ1) is 8.09. The van der Waals surface area contributed by atoms with E-state index in [0.717, 1.165) is 29.4 Å². The Hall–Kier alpha value is -1.09. The minimum Gasteiger partial charge on any atom is -0.343 e. The van der Waals surface area contributed by atoms with Gasteiger partial charge in [-0.1, -0.05) is 0 Å². The van der Waals surface area contributed by atoms with Crippen LogP contribution < -0.4 is 0 Å². The smallest absolute Gasteiger partial charge is 0.159 e. The predicted molar refractivity (Wildman–Crippen MR) is 72.7 cm³/mol. The Bertz CT molecular complexity index is 639. The van der Waals surface area contributed by atoms with Gasteiger partial charge in [0.25, 0.3) is 0 Å². The summed E-state index contributed by atoms with van der Waals surface area (Å²) >= 11 is 3.66. The number of hydrogen-bond donors (Lipinski definition) is 0. The molecule has 0 saturated heterocycles. The first-order valence-electron chi connectivity index (χ1n) is 5.91. The summed E-state index contributed by atoms with van der Waals surface area (Å²) in [6, 6.07) is 4.08. The van der Waals surface area contributed by atoms with E-state index in [2.05, 4.69) is 33.5 Å². The number of rotatable bonds is 1. The normalized spacial score (nSPS) is 14.3. The topological polar surface area (TPSA) is 22.0 Å². The second-order valence-electron chi connectivity index (χ2n) is 4.74. The minimum absolute atomic E-state index is 0.144. The zero-order valence-electron chi connectivity index (χ0n) is 10.0. The van der Waals surface area contributed by atoms with E-state index in [0.29, 0.717) is 0 Å². The number of aryl methyl sites for hydroxylation is 2. The van der Waals surface area contributed by atoms with Crippen LogP contribution in [0.15, 0.2) is 16.6 Å². The van der Waals surface area contributed by atoms with Gasteiger partial charge in [-0.15, -0.1) is 0 Å². The van der Waals surface area contributed by atoms with Crippen LogP contribution in [0.1, 0.15) is 35.0 Å². The van der Waals surface area contributed by atoms with Crippen molar-refractivity contribution in [1.82, 2.24) is 4.57 Å². The Kier molecular flexibility index (Phi) is 2.40. The van der Waals surface area contributed by atoms with Gasteiger partial charge >= 0.3 is 0 Å². The Morgan fingerprint density at radius 1 is 1.41 bits per heavy atom. The van der Waals surface area contributed by atoms with Crippen molar-refractivity contribution in [3.05, 3.63) is 33.4 Å². The molecule has 0 atom stereocenters. The molecule has 2 nitrogen and oxygen atoms in total. The number of carbonyl (C=O) groups excluding carboxylic acids is 1. The van der Waals surface area contributed by atoms with Crippen LogP contribution in [0, 0.1) is 6.92 Å². The fourth-order valence-corrected chi connectivity index (χ4v) is 3.28. The van der Waals surface area contributed by atoms with E-state index in [-0.39, 0.29) is 5.78 Å². The lowest BCUT2D eigenvalue weighted by atomic mass is 9.99. The van der Waals surface area contributed by atoms with Crippen molar-refractivity contribution in [1.29, 1.82) is 0 Å². The van der Waals surface area contributed by atoms with Crippen LogP contribution in [0.25, 0.3) is 10.9 Å². The van der Waals surface area contributed by atoms with Crippen molar-refractivity contribution < 1.29 is 4.79 Å². The molecule has 1 aliphatic heterocycles. The lowest BCUT2D eigenvalue weighted by Gasteiger charge is -2.17. The van der Waals surface area contributed by atoms with Crippen molar-refractivity contribution >= 4 is 32.6 Å². The molecule has 1 aromatic carbocycles. The molecule has 0 unspecified atom stereocenters. The van der Waals surface area contributed by atoms with E-state index < -0.39 is 0 Å². The van der Waals surface area contributed by atoms with Crippen LogP contribution in [0.4, 0.5) is 0 Å². The van der Waals surface area contributed by atoms with Crippen molar-refractivity contribution in [3.63, 3.8) is 0 Å². The van der Waals surface area contributed by atoms with Crippen molar-refractivity contribution in [3.8, 4) is 0 Å². The monoisotopic (exact) mass is 291 g/mol. The fraction of sp³-hybridized carbons (Fsp3) is 0.357. The van der Waals surface area contributed by atoms with Gasteiger partial charge < -0.3 is 4.57 Å². The number of nitrogens with zero attached hydrogens (tertiary/aromatic N) is 1. The molecular formula is C14H14BrNO. The van der Waals surface area contributed by atoms with Gasteiger partial charge in [0, 0.05) is 27.7 Å². The number of benzene rings is 1. The highest BCUT2D eigenvalue weighted by molar-refractivity contribution is 9.10. The molecule has 3 rings (SSSR count). The summed E-state index contributed by atoms with van der Waals surface area (Å²) in [5.74, 6) is 0.144. The molecule has 17 heavy (non-hydrogen) atoms. The van der Waals surface area contributed by atoms with Gasteiger partial charge in [-0.3, -0.25) is 4.79 Å². The highest BCUT2D eigenvalue weighted by Crippen LogP contribution is 2.36. The highest BCUT2D eigenvalue weighted by Gasteiger charge is 2.20. The Morgan fingerprint density at radius 2 is 2.18 bits per heavy atom. The maximum absolute atomic E-state index is 11.6. The molecule has 88 valence electrons. The third kappa shape index (κ3) is 1.48. The summed E-state index contributed by atoms with van der Waals surface area (Å²) in [6.45, 7) is 4.85. The summed E-state index contributed by atoms with van der Waals surface area (Å²) < 4.78 is 3.50. The molecule has 2 heterocycles. The SMILES string of the molecule is CC(=O)c1cc2c3c(c1)c(Br)c(C)n3CCC2. The molecule has 3 heteroatoms. The number of ketones is 1. The van der Waals surface area contributed by atoms with E-state index in [1.54, 1.807) is 6.92 Å². The Balaban J connectivity index is 2.45. The third-order valence-corrected chi connectivity index (χ3v) is 4.65. The molecule has 1 aliphatic rings. The first kappa shape index (κ1) is 11.0. The predicted octanol–water partition coefficient (Wildman–Crippen LogP) is 3.86. The highest BCUT2D eigenvalue weighted by atomic mass is 79.9. The van der Waals surface area contributed by atoms with Gasteiger partial charge in [0.05, 0.1) is 5.52 Å². The second kappa shape index (κ2) is 3.70. The van der Waals surface area contributed by atoms with Crippen molar-refractivity contribution in [2.45, 2.75) is 33.2 Å². The number of Topliss-reactive ketones (excluding diaryl/α,β-unsaturated/α-hetero) is 1. The molecule has 1 aromatic heterocycles. The fourth-order valence-electron chi connectivity index (χ4n) is 2.76. The largest absolute Gasteiger partial charge is 0.343 e. The van der Waals surface area contributed by atoms with Gasteiger partial charge in [0.2, 0.25) is 0 Å². The molecule has 2 aromatic rings. The van der Waals surface area contributed by atoms with E-state index in [1.165, 1.54) is 22.2 Å². The van der Waals surface area contributed by atoms with Crippen LogP contribution in [-0.4, -0.2) is 10.4 Å². The molecule has 0 aliphatic carbocycles. The lowest BCUT2D eigenvalue weighted by Crippen LogP contribution is -2.09. The third-order valence-electron chi connectivity index (χ3n) is 3.65. The standard InChI is InChI=1S/C14H14BrNO/c1-8-13(15)12-7-11(9(2)17)6-10-4-3-5-16(8)14(10)12/h6-7H,3-5H2,1-2H3. The maximum atomic E-state index is 11.6. The van der Waals surface area contributed by atoms with E-state index >= 15 is 0 Å². The maximum Gasteiger partial charge on any atom is 0.159 e. The van der Waals surface area contributed by atoms with Crippen LogP contribution >= 0.6 is 15.9 Å².